The first kappa shape index (κ1) is 11.9. The Balaban J connectivity index is 3.17. The van der Waals surface area contributed by atoms with Crippen molar-refractivity contribution < 1.29 is 0 Å². The first-order valence-electron chi connectivity index (χ1n) is 4.89. The lowest BCUT2D eigenvalue weighted by molar-refractivity contribution is 0.280. The number of nitrogens with one attached hydrogen (secondary N) is 1. The third-order valence-electron chi connectivity index (χ3n) is 1.95. The molecule has 0 radical (unpaired) electrons. The lowest BCUT2D eigenvalue weighted by Gasteiger charge is -2.18. The smallest absolute Gasteiger partial charge is 0.0480 e. The Kier molecular flexibility index (Phi) is 8.88. The first-order valence-corrected chi connectivity index (χ1v) is 6.04. The number of nitrogens with zero attached hydrogens (tertiary/aromatic N) is 1. The van der Waals surface area contributed by atoms with Gasteiger partial charge in [-0.15, -0.1) is 5.70 Å². The molecule has 1 N–H and O–H groups in total. The molecule has 2 nitrogen and oxygen atoms in total. The predicted octanol–water partition coefficient (Wildman–Crippen LogP) is 0.144. The average Bonchev–Trinajstić information content (AvgIpc) is 2.11. The van der Waals surface area contributed by atoms with Gasteiger partial charge in [0, 0.05) is 16.9 Å². The second kappa shape index (κ2) is 8.97. The molecule has 0 aromatic heterocycles. The van der Waals surface area contributed by atoms with E-state index < -0.39 is 0 Å². The van der Waals surface area contributed by atoms with Crippen molar-refractivity contribution in [3.63, 3.8) is 0 Å². The highest BCUT2D eigenvalue weighted by Gasteiger charge is 1.95. The van der Waals surface area contributed by atoms with E-state index in [-0.39, 0.29) is 0 Å². The molecule has 3 heteroatoms. The predicted molar refractivity (Wildman–Crippen MR) is 59.5 cm³/mol. The number of hydrogen-bond donors (Lipinski definition) is 1. The zero-order chi connectivity index (χ0) is 9.23. The minimum absolute atomic E-state index is 1.03. The van der Waals surface area contributed by atoms with Crippen LogP contribution in [0.3, 0.4) is 0 Å². The monoisotopic (exact) mass is 186 g/mol. The van der Waals surface area contributed by atoms with E-state index in [1.165, 1.54) is 16.7 Å². The molecule has 0 aliphatic heterocycles. The van der Waals surface area contributed by atoms with Crippen molar-refractivity contribution in [2.75, 3.05) is 26.3 Å². The molecule has 12 heavy (non-hydrogen) atoms. The minimum Gasteiger partial charge on any atom is -0.304 e. The van der Waals surface area contributed by atoms with Crippen LogP contribution in [0.4, 0.5) is 0 Å². The molecular weight excluding hydrogens is 164 g/mol. The molecule has 0 aromatic carbocycles. The van der Waals surface area contributed by atoms with Crippen LogP contribution >= 0.6 is 0 Å². The summed E-state index contributed by atoms with van der Waals surface area (Å²) >= 11 is 0. The Morgan fingerprint density at radius 3 is 2.50 bits per heavy atom. The van der Waals surface area contributed by atoms with E-state index in [1.807, 2.05) is 0 Å². The Hall–Kier alpha value is -0.123. The van der Waals surface area contributed by atoms with Gasteiger partial charge < -0.3 is 5.32 Å². The van der Waals surface area contributed by atoms with E-state index in [9.17, 15) is 0 Å². The van der Waals surface area contributed by atoms with Crippen LogP contribution < -0.4 is 5.32 Å². The lowest BCUT2D eigenvalue weighted by Crippen LogP contribution is -2.34. The molecule has 0 bridgehead atoms. The summed E-state index contributed by atoms with van der Waals surface area (Å²) in [6, 6.07) is 0. The Labute approximate surface area is 79.4 Å². The minimum atomic E-state index is 1.03. The van der Waals surface area contributed by atoms with Crippen molar-refractivity contribution in [2.24, 2.45) is 0 Å². The fourth-order valence-corrected chi connectivity index (χ4v) is 1.37. The second-order valence-corrected chi connectivity index (χ2v) is 3.49. The molecule has 0 unspecified atom stereocenters. The van der Waals surface area contributed by atoms with E-state index in [0.717, 1.165) is 26.3 Å². The Bertz CT molecular complexity index is 111. The normalized spacial score (nSPS) is 11.9. The molecule has 72 valence electrons. The molecule has 0 saturated heterocycles. The van der Waals surface area contributed by atoms with Gasteiger partial charge in [0.2, 0.25) is 0 Å². The number of hydrogen-bond acceptors (Lipinski definition) is 2. The van der Waals surface area contributed by atoms with Crippen molar-refractivity contribution in [1.82, 2.24) is 10.2 Å². The molecule has 0 amide bonds. The van der Waals surface area contributed by atoms with Gasteiger partial charge in [0.15, 0.2) is 0 Å². The topological polar surface area (TPSA) is 15.3 Å². The molecule has 0 aromatic rings. The fraction of sp³-hybridized carbons (Fsp3) is 0.778. The summed E-state index contributed by atoms with van der Waals surface area (Å²) in [5.74, 6) is 0. The third-order valence-corrected chi connectivity index (χ3v) is 2.42. The van der Waals surface area contributed by atoms with Gasteiger partial charge in [-0.2, -0.15) is 0 Å². The van der Waals surface area contributed by atoms with Crippen LogP contribution in [0.5, 0.6) is 0 Å². The van der Waals surface area contributed by atoms with Crippen LogP contribution in [0.1, 0.15) is 20.3 Å². The standard InChI is InChI=1S/C9H22N2Si/c1-3-11(4-2)9-10-7-5-6-8-12/h6,8,10H,3-5,7,9H2,1-2,12H3. The van der Waals surface area contributed by atoms with Crippen LogP contribution in [0.15, 0.2) is 11.8 Å². The first-order chi connectivity index (χ1) is 5.85. The van der Waals surface area contributed by atoms with E-state index in [0.29, 0.717) is 0 Å². The summed E-state index contributed by atoms with van der Waals surface area (Å²) in [6.45, 7) is 8.81. The van der Waals surface area contributed by atoms with Crippen LogP contribution in [0.25, 0.3) is 0 Å². The van der Waals surface area contributed by atoms with Gasteiger partial charge >= 0.3 is 0 Å². The highest BCUT2D eigenvalue weighted by molar-refractivity contribution is 6.16. The summed E-state index contributed by atoms with van der Waals surface area (Å²) in [7, 11) is 1.19. The fourth-order valence-electron chi connectivity index (χ4n) is 1.04. The summed E-state index contributed by atoms with van der Waals surface area (Å²) in [5, 5.41) is 3.41. The van der Waals surface area contributed by atoms with Crippen molar-refractivity contribution in [2.45, 2.75) is 20.3 Å². The molecule has 0 spiro atoms. The zero-order valence-electron chi connectivity index (χ0n) is 8.64. The summed E-state index contributed by atoms with van der Waals surface area (Å²) < 4.78 is 0. The average molecular weight is 186 g/mol. The van der Waals surface area contributed by atoms with Crippen molar-refractivity contribution in [3.05, 3.63) is 11.8 Å². The maximum absolute atomic E-state index is 3.41. The molecule has 0 rings (SSSR count). The van der Waals surface area contributed by atoms with Gasteiger partial charge in [-0.25, -0.2) is 0 Å². The summed E-state index contributed by atoms with van der Waals surface area (Å²) in [6.07, 6.45) is 3.42. The summed E-state index contributed by atoms with van der Waals surface area (Å²) in [5.41, 5.74) is 2.24. The zero-order valence-corrected chi connectivity index (χ0v) is 10.6. The molecule has 0 aliphatic carbocycles. The molecule has 0 fully saturated rings. The Morgan fingerprint density at radius 2 is 2.00 bits per heavy atom. The quantitative estimate of drug-likeness (QED) is 0.346. The van der Waals surface area contributed by atoms with E-state index in [2.05, 4.69) is 35.8 Å². The lowest BCUT2D eigenvalue weighted by atomic mass is 10.4. The van der Waals surface area contributed by atoms with Gasteiger partial charge in [-0.1, -0.05) is 19.9 Å². The number of rotatable bonds is 7. The van der Waals surface area contributed by atoms with Crippen LogP contribution in [0, 0.1) is 0 Å². The van der Waals surface area contributed by atoms with Gasteiger partial charge in [0.1, 0.15) is 0 Å². The maximum atomic E-state index is 3.41. The van der Waals surface area contributed by atoms with Crippen molar-refractivity contribution >= 4 is 10.2 Å². The molecule has 0 heterocycles. The largest absolute Gasteiger partial charge is 0.304 e. The second-order valence-electron chi connectivity index (χ2n) is 2.82. The third kappa shape index (κ3) is 6.58. The van der Waals surface area contributed by atoms with E-state index in [4.69, 9.17) is 0 Å². The highest BCUT2D eigenvalue weighted by atomic mass is 28.1. The van der Waals surface area contributed by atoms with Crippen molar-refractivity contribution in [3.8, 4) is 0 Å². The molecule has 0 saturated carbocycles. The van der Waals surface area contributed by atoms with Gasteiger partial charge in [-0.3, -0.25) is 4.90 Å². The van der Waals surface area contributed by atoms with Crippen molar-refractivity contribution in [1.29, 1.82) is 0 Å². The summed E-state index contributed by atoms with van der Waals surface area (Å²) in [4.78, 5) is 2.38. The van der Waals surface area contributed by atoms with Crippen LogP contribution in [-0.2, 0) is 0 Å². The van der Waals surface area contributed by atoms with Crippen LogP contribution in [-0.4, -0.2) is 41.4 Å². The molecular formula is C9H22N2Si. The van der Waals surface area contributed by atoms with Gasteiger partial charge in [0.25, 0.3) is 0 Å². The highest BCUT2D eigenvalue weighted by Crippen LogP contribution is 1.83. The molecule has 0 aliphatic rings. The van der Waals surface area contributed by atoms with E-state index >= 15 is 0 Å². The Morgan fingerprint density at radius 1 is 1.33 bits per heavy atom. The van der Waals surface area contributed by atoms with Crippen LogP contribution in [0.2, 0.25) is 0 Å². The van der Waals surface area contributed by atoms with Gasteiger partial charge in [0.05, 0.1) is 0 Å². The molecule has 0 atom stereocenters. The van der Waals surface area contributed by atoms with E-state index in [1.54, 1.807) is 0 Å². The maximum Gasteiger partial charge on any atom is 0.0480 e. The van der Waals surface area contributed by atoms with Gasteiger partial charge in [-0.05, 0) is 26.1 Å². The SMILES string of the molecule is CCN(CC)CNCCC=C[SiH3].